The molecule has 0 spiro atoms. The molecule has 0 aliphatic heterocycles. The summed E-state index contributed by atoms with van der Waals surface area (Å²) in [5.74, 6) is 0.0611. The molecule has 3 aromatic rings. The van der Waals surface area contributed by atoms with E-state index in [0.29, 0.717) is 11.4 Å². The normalized spacial score (nSPS) is 11.3. The molecular weight excluding hydrogens is 368 g/mol. The zero-order valence-corrected chi connectivity index (χ0v) is 16.6. The Kier molecular flexibility index (Phi) is 7.27. The third kappa shape index (κ3) is 6.28. The second-order valence-corrected chi connectivity index (χ2v) is 7.21. The van der Waals surface area contributed by atoms with Crippen molar-refractivity contribution in [3.05, 3.63) is 82.6 Å². The lowest BCUT2D eigenvalue weighted by Crippen LogP contribution is -2.03. The molecule has 0 N–H and O–H groups in total. The van der Waals surface area contributed by atoms with Gasteiger partial charge in [-0.1, -0.05) is 31.5 Å². The van der Waals surface area contributed by atoms with Crippen LogP contribution in [0.1, 0.15) is 30.2 Å². The predicted octanol–water partition coefficient (Wildman–Crippen LogP) is 7.12. The molecule has 0 aliphatic carbocycles. The molecule has 0 atom stereocenters. The van der Waals surface area contributed by atoms with Gasteiger partial charge in [0.25, 0.3) is 0 Å². The van der Waals surface area contributed by atoms with Gasteiger partial charge >= 0.3 is 5.97 Å². The summed E-state index contributed by atoms with van der Waals surface area (Å²) in [5, 5.41) is 10.4. The SMILES string of the molecule is CCCCc1ccc(N=Nc2ccc(OC(=O)/C=C/c3cccs3)cc2)cc1. The van der Waals surface area contributed by atoms with Crippen LogP contribution in [0.5, 0.6) is 5.75 Å². The Hall–Kier alpha value is -3.05. The molecule has 142 valence electrons. The number of hydrogen-bond acceptors (Lipinski definition) is 5. The molecule has 4 nitrogen and oxygen atoms in total. The number of thiophene rings is 1. The number of esters is 1. The summed E-state index contributed by atoms with van der Waals surface area (Å²) in [5.41, 5.74) is 2.83. The first-order chi connectivity index (χ1) is 13.7. The maximum absolute atomic E-state index is 11.9. The van der Waals surface area contributed by atoms with Crippen molar-refractivity contribution in [3.63, 3.8) is 0 Å². The van der Waals surface area contributed by atoms with Crippen molar-refractivity contribution < 1.29 is 9.53 Å². The van der Waals surface area contributed by atoms with Crippen molar-refractivity contribution in [3.8, 4) is 5.75 Å². The van der Waals surface area contributed by atoms with Crippen LogP contribution < -0.4 is 4.74 Å². The number of azo groups is 1. The lowest BCUT2D eigenvalue weighted by Gasteiger charge is -2.01. The summed E-state index contributed by atoms with van der Waals surface area (Å²) in [7, 11) is 0. The lowest BCUT2D eigenvalue weighted by molar-refractivity contribution is -0.128. The number of benzene rings is 2. The van der Waals surface area contributed by atoms with E-state index in [0.717, 1.165) is 17.0 Å². The maximum Gasteiger partial charge on any atom is 0.336 e. The van der Waals surface area contributed by atoms with Crippen molar-refractivity contribution in [2.24, 2.45) is 10.2 Å². The highest BCUT2D eigenvalue weighted by molar-refractivity contribution is 7.10. The van der Waals surface area contributed by atoms with Crippen molar-refractivity contribution in [1.29, 1.82) is 0 Å². The van der Waals surface area contributed by atoms with Gasteiger partial charge in [0, 0.05) is 11.0 Å². The van der Waals surface area contributed by atoms with E-state index >= 15 is 0 Å². The summed E-state index contributed by atoms with van der Waals surface area (Å²) in [6, 6.07) is 19.0. The molecular formula is C23H22N2O2S. The average molecular weight is 391 g/mol. The van der Waals surface area contributed by atoms with Crippen LogP contribution in [0.4, 0.5) is 11.4 Å². The quantitative estimate of drug-likeness (QED) is 0.178. The van der Waals surface area contributed by atoms with Crippen LogP contribution in [-0.2, 0) is 11.2 Å². The third-order valence-corrected chi connectivity index (χ3v) is 4.86. The minimum Gasteiger partial charge on any atom is -0.423 e. The smallest absolute Gasteiger partial charge is 0.336 e. The third-order valence-electron chi connectivity index (χ3n) is 4.02. The van der Waals surface area contributed by atoms with E-state index in [1.54, 1.807) is 41.7 Å². The first kappa shape index (κ1) is 19.7. The topological polar surface area (TPSA) is 51.0 Å². The molecule has 1 heterocycles. The summed E-state index contributed by atoms with van der Waals surface area (Å²) >= 11 is 1.56. The van der Waals surface area contributed by atoms with E-state index in [9.17, 15) is 4.79 Å². The largest absolute Gasteiger partial charge is 0.423 e. The molecule has 0 bridgehead atoms. The zero-order valence-electron chi connectivity index (χ0n) is 15.7. The Bertz CT molecular complexity index is 928. The standard InChI is InChI=1S/C23H22N2O2S/c1-2-3-5-18-7-9-19(10-8-18)24-25-20-11-13-21(14-12-20)27-23(26)16-15-22-6-4-17-28-22/h4,6-17H,2-3,5H2,1H3/b16-15+,25-24?. The first-order valence-corrected chi connectivity index (χ1v) is 10.1. The van der Waals surface area contributed by atoms with Gasteiger partial charge in [-0.05, 0) is 72.3 Å². The van der Waals surface area contributed by atoms with E-state index in [2.05, 4.69) is 29.3 Å². The van der Waals surface area contributed by atoms with Gasteiger partial charge in [0.1, 0.15) is 5.75 Å². The van der Waals surface area contributed by atoms with Gasteiger partial charge in [-0.15, -0.1) is 11.3 Å². The molecule has 28 heavy (non-hydrogen) atoms. The van der Waals surface area contributed by atoms with Crippen LogP contribution in [0.25, 0.3) is 6.08 Å². The van der Waals surface area contributed by atoms with Crippen molar-refractivity contribution in [1.82, 2.24) is 0 Å². The van der Waals surface area contributed by atoms with Crippen LogP contribution >= 0.6 is 11.3 Å². The van der Waals surface area contributed by atoms with Gasteiger partial charge in [-0.2, -0.15) is 10.2 Å². The molecule has 0 aliphatic rings. The van der Waals surface area contributed by atoms with E-state index in [-0.39, 0.29) is 0 Å². The van der Waals surface area contributed by atoms with Crippen LogP contribution in [0.15, 0.2) is 82.3 Å². The van der Waals surface area contributed by atoms with E-state index < -0.39 is 5.97 Å². The number of ether oxygens (including phenoxy) is 1. The summed E-state index contributed by atoms with van der Waals surface area (Å²) in [6.45, 7) is 2.19. The fourth-order valence-electron chi connectivity index (χ4n) is 2.49. The Morgan fingerprint density at radius 2 is 1.68 bits per heavy atom. The van der Waals surface area contributed by atoms with Gasteiger partial charge in [-0.25, -0.2) is 4.79 Å². The second kappa shape index (κ2) is 10.3. The number of aryl methyl sites for hydroxylation is 1. The second-order valence-electron chi connectivity index (χ2n) is 6.23. The average Bonchev–Trinajstić information content (AvgIpc) is 3.25. The number of nitrogens with zero attached hydrogens (tertiary/aromatic N) is 2. The van der Waals surface area contributed by atoms with Gasteiger partial charge in [0.05, 0.1) is 11.4 Å². The highest BCUT2D eigenvalue weighted by atomic mass is 32.1. The van der Waals surface area contributed by atoms with E-state index in [4.69, 9.17) is 4.74 Å². The molecule has 0 fully saturated rings. The maximum atomic E-state index is 11.9. The molecule has 5 heteroatoms. The number of hydrogen-bond donors (Lipinski definition) is 0. The van der Waals surface area contributed by atoms with Crippen molar-refractivity contribution in [2.75, 3.05) is 0 Å². The summed E-state index contributed by atoms with van der Waals surface area (Å²) in [6.07, 6.45) is 6.64. The Morgan fingerprint density at radius 1 is 1.00 bits per heavy atom. The molecule has 2 aromatic carbocycles. The minimum absolute atomic E-state index is 0.411. The van der Waals surface area contributed by atoms with Gasteiger partial charge in [-0.3, -0.25) is 0 Å². The highest BCUT2D eigenvalue weighted by Gasteiger charge is 2.01. The van der Waals surface area contributed by atoms with E-state index in [1.807, 2.05) is 29.6 Å². The molecule has 0 saturated heterocycles. The fourth-order valence-corrected chi connectivity index (χ4v) is 3.11. The Labute approximate surface area is 169 Å². The van der Waals surface area contributed by atoms with Crippen LogP contribution in [-0.4, -0.2) is 5.97 Å². The molecule has 3 rings (SSSR count). The molecule has 0 radical (unpaired) electrons. The summed E-state index contributed by atoms with van der Waals surface area (Å²) in [4.78, 5) is 12.9. The number of carbonyl (C=O) groups excluding carboxylic acids is 1. The fraction of sp³-hybridized carbons (Fsp3) is 0.174. The Balaban J connectivity index is 1.53. The highest BCUT2D eigenvalue weighted by Crippen LogP contribution is 2.22. The van der Waals surface area contributed by atoms with Gasteiger partial charge in [0.15, 0.2) is 0 Å². The Morgan fingerprint density at radius 3 is 2.29 bits per heavy atom. The van der Waals surface area contributed by atoms with Crippen LogP contribution in [0.2, 0.25) is 0 Å². The van der Waals surface area contributed by atoms with Crippen molar-refractivity contribution in [2.45, 2.75) is 26.2 Å². The number of unbranched alkanes of at least 4 members (excludes halogenated alkanes) is 1. The number of carbonyl (C=O) groups is 1. The van der Waals surface area contributed by atoms with Gasteiger partial charge < -0.3 is 4.74 Å². The number of rotatable bonds is 8. The molecule has 1 aromatic heterocycles. The monoisotopic (exact) mass is 390 g/mol. The molecule has 0 unspecified atom stereocenters. The lowest BCUT2D eigenvalue weighted by atomic mass is 10.1. The van der Waals surface area contributed by atoms with Gasteiger partial charge in [0.2, 0.25) is 0 Å². The van der Waals surface area contributed by atoms with Crippen LogP contribution in [0, 0.1) is 0 Å². The summed E-state index contributed by atoms with van der Waals surface area (Å²) < 4.78 is 5.28. The van der Waals surface area contributed by atoms with Crippen molar-refractivity contribution >= 4 is 34.8 Å². The van der Waals surface area contributed by atoms with Crippen LogP contribution in [0.3, 0.4) is 0 Å². The first-order valence-electron chi connectivity index (χ1n) is 9.27. The molecule has 0 amide bonds. The van der Waals surface area contributed by atoms with E-state index in [1.165, 1.54) is 24.5 Å². The minimum atomic E-state index is -0.411. The zero-order chi connectivity index (χ0) is 19.6. The predicted molar refractivity (Wildman–Crippen MR) is 115 cm³/mol. The molecule has 0 saturated carbocycles.